The predicted octanol–water partition coefficient (Wildman–Crippen LogP) is 3.38. The molecule has 3 rings (SSSR count). The van der Waals surface area contributed by atoms with Gasteiger partial charge in [0.15, 0.2) is 0 Å². The summed E-state index contributed by atoms with van der Waals surface area (Å²) < 4.78 is 11.3. The monoisotopic (exact) mass is 282 g/mol. The molecular weight excluding hydrogens is 264 g/mol. The second kappa shape index (κ2) is 5.99. The van der Waals surface area contributed by atoms with Crippen LogP contribution >= 0.6 is 0 Å². The van der Waals surface area contributed by atoms with Crippen LogP contribution in [0.4, 0.5) is 0 Å². The van der Waals surface area contributed by atoms with E-state index in [-0.39, 0.29) is 6.04 Å². The molecule has 108 valence electrons. The lowest BCUT2D eigenvalue weighted by molar-refractivity contribution is 0.340. The van der Waals surface area contributed by atoms with Crippen molar-refractivity contribution in [3.8, 4) is 5.75 Å². The molecule has 4 nitrogen and oxygen atoms in total. The summed E-state index contributed by atoms with van der Waals surface area (Å²) in [7, 11) is 0. The molecular formula is C17H18N2O2. The lowest BCUT2D eigenvalue weighted by atomic mass is 10.0. The molecule has 21 heavy (non-hydrogen) atoms. The normalized spacial score (nSPS) is 12.5. The number of hydrazine groups is 1. The fourth-order valence-electron chi connectivity index (χ4n) is 2.41. The quantitative estimate of drug-likeness (QED) is 0.556. The van der Waals surface area contributed by atoms with E-state index < -0.39 is 0 Å². The first-order valence-corrected chi connectivity index (χ1v) is 6.99. The summed E-state index contributed by atoms with van der Waals surface area (Å²) >= 11 is 0. The molecule has 2 aromatic carbocycles. The van der Waals surface area contributed by atoms with Crippen molar-refractivity contribution in [2.45, 2.75) is 13.0 Å². The van der Waals surface area contributed by atoms with E-state index in [0.717, 1.165) is 28.0 Å². The van der Waals surface area contributed by atoms with E-state index in [4.69, 9.17) is 15.0 Å². The fourth-order valence-corrected chi connectivity index (χ4v) is 2.41. The summed E-state index contributed by atoms with van der Waals surface area (Å²) in [6, 6.07) is 17.6. The van der Waals surface area contributed by atoms with Gasteiger partial charge in [-0.3, -0.25) is 5.84 Å². The maximum absolute atomic E-state index is 5.88. The Kier molecular flexibility index (Phi) is 3.90. The van der Waals surface area contributed by atoms with Gasteiger partial charge in [0.1, 0.15) is 23.1 Å². The van der Waals surface area contributed by atoms with E-state index in [9.17, 15) is 0 Å². The number of hydrogen-bond donors (Lipinski definition) is 2. The zero-order chi connectivity index (χ0) is 14.7. The highest BCUT2D eigenvalue weighted by molar-refractivity contribution is 5.77. The van der Waals surface area contributed by atoms with E-state index in [1.165, 1.54) is 0 Å². The second-order valence-corrected chi connectivity index (χ2v) is 4.79. The molecule has 0 aliphatic heterocycles. The van der Waals surface area contributed by atoms with Crippen LogP contribution in [0.5, 0.6) is 5.75 Å². The summed E-state index contributed by atoms with van der Waals surface area (Å²) in [6.45, 7) is 2.62. The van der Waals surface area contributed by atoms with Gasteiger partial charge in [-0.15, -0.1) is 0 Å². The first-order valence-electron chi connectivity index (χ1n) is 6.99. The summed E-state index contributed by atoms with van der Waals surface area (Å²) in [5, 5.41) is 1.07. The smallest absolute Gasteiger partial charge is 0.134 e. The van der Waals surface area contributed by atoms with Crippen molar-refractivity contribution < 1.29 is 9.15 Å². The van der Waals surface area contributed by atoms with Crippen molar-refractivity contribution >= 4 is 11.0 Å². The van der Waals surface area contributed by atoms with E-state index in [1.807, 2.05) is 61.5 Å². The SMILES string of the molecule is CCOc1ccc(C(NN)c2cc3ccccc3o2)cc1. The van der Waals surface area contributed by atoms with E-state index in [2.05, 4.69) is 5.43 Å². The number of nitrogens with one attached hydrogen (secondary N) is 1. The highest BCUT2D eigenvalue weighted by atomic mass is 16.5. The van der Waals surface area contributed by atoms with Gasteiger partial charge in [-0.05, 0) is 36.8 Å². The van der Waals surface area contributed by atoms with E-state index >= 15 is 0 Å². The Morgan fingerprint density at radius 2 is 1.90 bits per heavy atom. The third kappa shape index (κ3) is 2.77. The van der Waals surface area contributed by atoms with Gasteiger partial charge in [0.25, 0.3) is 0 Å². The zero-order valence-corrected chi connectivity index (χ0v) is 11.9. The minimum absolute atomic E-state index is 0.187. The molecule has 0 aliphatic rings. The summed E-state index contributed by atoms with van der Waals surface area (Å²) in [4.78, 5) is 0. The third-order valence-corrected chi connectivity index (χ3v) is 3.42. The fraction of sp³-hybridized carbons (Fsp3) is 0.176. The molecule has 0 aliphatic carbocycles. The molecule has 1 aromatic heterocycles. The Balaban J connectivity index is 1.93. The largest absolute Gasteiger partial charge is 0.494 e. The number of rotatable bonds is 5. The number of furan rings is 1. The first-order chi connectivity index (χ1) is 10.3. The average molecular weight is 282 g/mol. The van der Waals surface area contributed by atoms with Crippen molar-refractivity contribution in [2.24, 2.45) is 5.84 Å². The number of benzene rings is 2. The Bertz CT molecular complexity index is 686. The van der Waals surface area contributed by atoms with Crippen LogP contribution in [0, 0.1) is 0 Å². The van der Waals surface area contributed by atoms with Crippen LogP contribution in [0.15, 0.2) is 59.0 Å². The Morgan fingerprint density at radius 3 is 2.57 bits per heavy atom. The highest BCUT2D eigenvalue weighted by Gasteiger charge is 2.17. The van der Waals surface area contributed by atoms with E-state index in [0.29, 0.717) is 6.61 Å². The van der Waals surface area contributed by atoms with Crippen LogP contribution in [-0.4, -0.2) is 6.61 Å². The van der Waals surface area contributed by atoms with Gasteiger partial charge in [0.05, 0.1) is 6.61 Å². The van der Waals surface area contributed by atoms with Crippen molar-refractivity contribution in [1.29, 1.82) is 0 Å². The lowest BCUT2D eigenvalue weighted by Crippen LogP contribution is -2.28. The topological polar surface area (TPSA) is 60.4 Å². The van der Waals surface area contributed by atoms with Crippen molar-refractivity contribution in [3.63, 3.8) is 0 Å². The van der Waals surface area contributed by atoms with Crippen molar-refractivity contribution in [3.05, 3.63) is 65.9 Å². The van der Waals surface area contributed by atoms with Crippen molar-refractivity contribution in [2.75, 3.05) is 6.61 Å². The molecule has 4 heteroatoms. The van der Waals surface area contributed by atoms with Crippen LogP contribution < -0.4 is 16.0 Å². The van der Waals surface area contributed by atoms with Gasteiger partial charge >= 0.3 is 0 Å². The maximum atomic E-state index is 5.88. The lowest BCUT2D eigenvalue weighted by Gasteiger charge is -2.14. The molecule has 0 saturated heterocycles. The van der Waals surface area contributed by atoms with Crippen LogP contribution in [0.3, 0.4) is 0 Å². The zero-order valence-electron chi connectivity index (χ0n) is 11.9. The standard InChI is InChI=1S/C17H18N2O2/c1-2-20-14-9-7-12(8-10-14)17(19-18)16-11-13-5-3-4-6-15(13)21-16/h3-11,17,19H,2,18H2,1H3. The summed E-state index contributed by atoms with van der Waals surface area (Å²) in [5.74, 6) is 7.36. The number of para-hydroxylation sites is 1. The van der Waals surface area contributed by atoms with Crippen LogP contribution in [-0.2, 0) is 0 Å². The van der Waals surface area contributed by atoms with Gasteiger partial charge in [-0.1, -0.05) is 30.3 Å². The van der Waals surface area contributed by atoms with E-state index in [1.54, 1.807) is 0 Å². The molecule has 0 fully saturated rings. The summed E-state index contributed by atoms with van der Waals surface area (Å²) in [5.41, 5.74) is 4.70. The first kappa shape index (κ1) is 13.7. The molecule has 1 atom stereocenters. The van der Waals surface area contributed by atoms with Gasteiger partial charge < -0.3 is 9.15 Å². The molecule has 0 spiro atoms. The minimum atomic E-state index is -0.187. The molecule has 3 aromatic rings. The molecule has 0 amide bonds. The number of nitrogens with two attached hydrogens (primary N) is 1. The minimum Gasteiger partial charge on any atom is -0.494 e. The Morgan fingerprint density at radius 1 is 1.14 bits per heavy atom. The Hall–Kier alpha value is -2.30. The molecule has 1 heterocycles. The van der Waals surface area contributed by atoms with Crippen LogP contribution in [0.25, 0.3) is 11.0 Å². The van der Waals surface area contributed by atoms with Crippen LogP contribution in [0.1, 0.15) is 24.3 Å². The predicted molar refractivity (Wildman–Crippen MR) is 83.0 cm³/mol. The second-order valence-electron chi connectivity index (χ2n) is 4.79. The van der Waals surface area contributed by atoms with Gasteiger partial charge in [0.2, 0.25) is 0 Å². The molecule has 0 saturated carbocycles. The molecule has 0 radical (unpaired) electrons. The summed E-state index contributed by atoms with van der Waals surface area (Å²) in [6.07, 6.45) is 0. The number of fused-ring (bicyclic) bond motifs is 1. The average Bonchev–Trinajstić information content (AvgIpc) is 2.93. The third-order valence-electron chi connectivity index (χ3n) is 3.42. The van der Waals surface area contributed by atoms with Gasteiger partial charge in [0, 0.05) is 5.39 Å². The number of hydrogen-bond acceptors (Lipinski definition) is 4. The van der Waals surface area contributed by atoms with Crippen LogP contribution in [0.2, 0.25) is 0 Å². The van der Waals surface area contributed by atoms with Gasteiger partial charge in [-0.2, -0.15) is 0 Å². The number of ether oxygens (including phenoxy) is 1. The molecule has 0 bridgehead atoms. The van der Waals surface area contributed by atoms with Gasteiger partial charge in [-0.25, -0.2) is 5.43 Å². The Labute approximate surface area is 123 Å². The molecule has 3 N–H and O–H groups in total. The van der Waals surface area contributed by atoms with Crippen molar-refractivity contribution in [1.82, 2.24) is 5.43 Å². The molecule has 1 unspecified atom stereocenters. The maximum Gasteiger partial charge on any atom is 0.134 e. The highest BCUT2D eigenvalue weighted by Crippen LogP contribution is 2.28.